The summed E-state index contributed by atoms with van der Waals surface area (Å²) in [6.07, 6.45) is 4.96. The van der Waals surface area contributed by atoms with E-state index in [0.717, 1.165) is 22.7 Å². The van der Waals surface area contributed by atoms with Gasteiger partial charge >= 0.3 is 0 Å². The molecule has 1 N–H and O–H groups in total. The van der Waals surface area contributed by atoms with Gasteiger partial charge < -0.3 is 5.32 Å². The van der Waals surface area contributed by atoms with Crippen LogP contribution in [0.2, 0.25) is 0 Å². The molecule has 2 aromatic rings. The van der Waals surface area contributed by atoms with Crippen molar-refractivity contribution >= 4 is 17.2 Å². The Morgan fingerprint density at radius 3 is 2.77 bits per heavy atom. The van der Waals surface area contributed by atoms with Crippen LogP contribution in [0.3, 0.4) is 0 Å². The van der Waals surface area contributed by atoms with Crippen LogP contribution in [-0.4, -0.2) is 22.4 Å². The first kappa shape index (κ1) is 16.6. The van der Waals surface area contributed by atoms with Gasteiger partial charge in [-0.25, -0.2) is 4.98 Å². The van der Waals surface area contributed by atoms with E-state index in [2.05, 4.69) is 36.1 Å². The minimum absolute atomic E-state index is 0.0258. The predicted octanol–water partition coefficient (Wildman–Crippen LogP) is 3.61. The fraction of sp³-hybridized carbons (Fsp3) is 0.471. The summed E-state index contributed by atoms with van der Waals surface area (Å²) in [4.78, 5) is 21.8. The zero-order valence-corrected chi connectivity index (χ0v) is 14.5. The average Bonchev–Trinajstić information content (AvgIpc) is 2.79. The second-order valence-electron chi connectivity index (χ2n) is 6.61. The van der Waals surface area contributed by atoms with Crippen molar-refractivity contribution in [1.29, 1.82) is 0 Å². The molecule has 0 aromatic carbocycles. The molecule has 5 heteroatoms. The highest BCUT2D eigenvalue weighted by Crippen LogP contribution is 2.27. The molecule has 0 spiro atoms. The fourth-order valence-corrected chi connectivity index (χ4v) is 3.18. The van der Waals surface area contributed by atoms with Crippen LogP contribution in [-0.2, 0) is 11.2 Å². The first-order chi connectivity index (χ1) is 10.3. The SMILES string of the molecule is Cc1nc(-c2cccnc2)sc1CCNC(=O)CC(C)(C)C. The van der Waals surface area contributed by atoms with Gasteiger partial charge in [0.05, 0.1) is 5.69 Å². The van der Waals surface area contributed by atoms with Crippen LogP contribution in [0.1, 0.15) is 37.8 Å². The first-order valence-electron chi connectivity index (χ1n) is 7.48. The van der Waals surface area contributed by atoms with Crippen LogP contribution in [0, 0.1) is 12.3 Å². The van der Waals surface area contributed by atoms with Crippen molar-refractivity contribution in [2.75, 3.05) is 6.54 Å². The highest BCUT2D eigenvalue weighted by Gasteiger charge is 2.16. The van der Waals surface area contributed by atoms with Gasteiger partial charge in [-0.15, -0.1) is 11.3 Å². The minimum Gasteiger partial charge on any atom is -0.356 e. The Bertz CT molecular complexity index is 629. The van der Waals surface area contributed by atoms with E-state index in [1.54, 1.807) is 17.5 Å². The monoisotopic (exact) mass is 317 g/mol. The van der Waals surface area contributed by atoms with Gasteiger partial charge in [-0.05, 0) is 24.5 Å². The number of amides is 1. The standard InChI is InChI=1S/C17H23N3OS/c1-12-14(7-9-19-15(21)10-17(2,3)4)22-16(20-12)13-6-5-8-18-11-13/h5-6,8,11H,7,9-10H2,1-4H3,(H,19,21). The molecular formula is C17H23N3OS. The van der Waals surface area contributed by atoms with E-state index in [0.29, 0.717) is 13.0 Å². The Balaban J connectivity index is 1.92. The second kappa shape index (κ2) is 7.01. The molecule has 22 heavy (non-hydrogen) atoms. The molecule has 0 aliphatic heterocycles. The Morgan fingerprint density at radius 1 is 1.36 bits per heavy atom. The topological polar surface area (TPSA) is 54.9 Å². The van der Waals surface area contributed by atoms with E-state index in [-0.39, 0.29) is 11.3 Å². The van der Waals surface area contributed by atoms with Crippen molar-refractivity contribution in [2.45, 2.75) is 40.5 Å². The maximum Gasteiger partial charge on any atom is 0.220 e. The van der Waals surface area contributed by atoms with Crippen molar-refractivity contribution < 1.29 is 4.79 Å². The van der Waals surface area contributed by atoms with E-state index in [1.165, 1.54) is 4.88 Å². The molecule has 0 radical (unpaired) electrons. The van der Waals surface area contributed by atoms with E-state index in [9.17, 15) is 4.79 Å². The van der Waals surface area contributed by atoms with Gasteiger partial charge in [0.25, 0.3) is 0 Å². The van der Waals surface area contributed by atoms with E-state index in [4.69, 9.17) is 0 Å². The third kappa shape index (κ3) is 4.91. The highest BCUT2D eigenvalue weighted by atomic mass is 32.1. The van der Waals surface area contributed by atoms with Gasteiger partial charge in [0.1, 0.15) is 5.01 Å². The number of carbonyl (C=O) groups excluding carboxylic acids is 1. The summed E-state index contributed by atoms with van der Waals surface area (Å²) in [6.45, 7) is 8.88. The molecule has 2 rings (SSSR count). The number of hydrogen-bond acceptors (Lipinski definition) is 4. The molecule has 0 unspecified atom stereocenters. The number of rotatable bonds is 5. The third-order valence-corrected chi connectivity index (χ3v) is 4.43. The molecule has 0 aliphatic rings. The maximum absolute atomic E-state index is 11.8. The molecular weight excluding hydrogens is 294 g/mol. The molecule has 2 heterocycles. The molecule has 0 saturated carbocycles. The van der Waals surface area contributed by atoms with Crippen molar-refractivity contribution in [3.8, 4) is 10.6 Å². The summed E-state index contributed by atoms with van der Waals surface area (Å²) in [7, 11) is 0. The van der Waals surface area contributed by atoms with E-state index in [1.807, 2.05) is 25.3 Å². The largest absolute Gasteiger partial charge is 0.356 e. The molecule has 0 atom stereocenters. The molecule has 118 valence electrons. The normalized spacial score (nSPS) is 11.5. The Morgan fingerprint density at radius 2 is 2.14 bits per heavy atom. The quantitative estimate of drug-likeness (QED) is 0.916. The van der Waals surface area contributed by atoms with Crippen molar-refractivity contribution in [1.82, 2.24) is 15.3 Å². The maximum atomic E-state index is 11.8. The lowest BCUT2D eigenvalue weighted by Gasteiger charge is -2.17. The molecule has 2 aromatic heterocycles. The predicted molar refractivity (Wildman–Crippen MR) is 90.9 cm³/mol. The average molecular weight is 317 g/mol. The zero-order valence-electron chi connectivity index (χ0n) is 13.6. The van der Waals surface area contributed by atoms with Crippen molar-refractivity contribution in [3.63, 3.8) is 0 Å². The fourth-order valence-electron chi connectivity index (χ4n) is 2.13. The summed E-state index contributed by atoms with van der Waals surface area (Å²) in [5, 5.41) is 3.98. The van der Waals surface area contributed by atoms with Gasteiger partial charge in [-0.1, -0.05) is 20.8 Å². The number of carbonyl (C=O) groups is 1. The lowest BCUT2D eigenvalue weighted by atomic mass is 9.92. The van der Waals surface area contributed by atoms with Crippen molar-refractivity contribution in [3.05, 3.63) is 35.1 Å². The highest BCUT2D eigenvalue weighted by molar-refractivity contribution is 7.15. The lowest BCUT2D eigenvalue weighted by Crippen LogP contribution is -2.29. The van der Waals surface area contributed by atoms with Crippen LogP contribution in [0.25, 0.3) is 10.6 Å². The summed E-state index contributed by atoms with van der Waals surface area (Å²) in [5.74, 6) is 0.113. The van der Waals surface area contributed by atoms with Gasteiger partial charge in [-0.3, -0.25) is 9.78 Å². The Labute approximate surface area is 136 Å². The third-order valence-electron chi connectivity index (χ3n) is 3.17. The molecule has 0 saturated heterocycles. The number of hydrogen-bond donors (Lipinski definition) is 1. The van der Waals surface area contributed by atoms with Crippen LogP contribution in [0.4, 0.5) is 0 Å². The van der Waals surface area contributed by atoms with Gasteiger partial charge in [0.15, 0.2) is 0 Å². The molecule has 0 bridgehead atoms. The number of nitrogens with one attached hydrogen (secondary N) is 1. The van der Waals surface area contributed by atoms with E-state index < -0.39 is 0 Å². The van der Waals surface area contributed by atoms with Gasteiger partial charge in [0, 0.05) is 42.2 Å². The summed E-state index contributed by atoms with van der Waals surface area (Å²) < 4.78 is 0. The van der Waals surface area contributed by atoms with Crippen molar-refractivity contribution in [2.24, 2.45) is 5.41 Å². The second-order valence-corrected chi connectivity index (χ2v) is 7.69. The van der Waals surface area contributed by atoms with Crippen LogP contribution >= 0.6 is 11.3 Å². The summed E-state index contributed by atoms with van der Waals surface area (Å²) in [5.41, 5.74) is 2.10. The Hall–Kier alpha value is -1.75. The summed E-state index contributed by atoms with van der Waals surface area (Å²) >= 11 is 1.67. The molecule has 0 aliphatic carbocycles. The Kier molecular flexibility index (Phi) is 5.29. The van der Waals surface area contributed by atoms with Crippen LogP contribution in [0.5, 0.6) is 0 Å². The van der Waals surface area contributed by atoms with E-state index >= 15 is 0 Å². The minimum atomic E-state index is 0.0258. The molecule has 1 amide bonds. The number of aromatic nitrogens is 2. The number of thiazole rings is 1. The zero-order chi connectivity index (χ0) is 16.2. The lowest BCUT2D eigenvalue weighted by molar-refractivity contribution is -0.122. The smallest absolute Gasteiger partial charge is 0.220 e. The summed E-state index contributed by atoms with van der Waals surface area (Å²) in [6, 6.07) is 3.93. The number of nitrogens with zero attached hydrogens (tertiary/aromatic N) is 2. The first-order valence-corrected chi connectivity index (χ1v) is 8.30. The molecule has 4 nitrogen and oxygen atoms in total. The number of pyridine rings is 1. The number of aryl methyl sites for hydroxylation is 1. The van der Waals surface area contributed by atoms with Crippen LogP contribution in [0.15, 0.2) is 24.5 Å². The van der Waals surface area contributed by atoms with Gasteiger partial charge in [0.2, 0.25) is 5.91 Å². The van der Waals surface area contributed by atoms with Crippen LogP contribution < -0.4 is 5.32 Å². The molecule has 0 fully saturated rings. The van der Waals surface area contributed by atoms with Gasteiger partial charge in [-0.2, -0.15) is 0 Å².